The van der Waals surface area contributed by atoms with Crippen molar-refractivity contribution in [1.82, 2.24) is 0 Å². The van der Waals surface area contributed by atoms with E-state index in [4.69, 9.17) is 9.47 Å². The standard InChI is InChI=1S/C14H22O4/c1-10(15)17-9-12-5-7-13(8-6-12)14(3,4)18-11(2)16/h5,13H,6-9H2,1-4H3. The second-order valence-corrected chi connectivity index (χ2v) is 5.31. The fraction of sp³-hybridized carbons (Fsp3) is 0.714. The highest BCUT2D eigenvalue weighted by molar-refractivity contribution is 5.66. The number of ether oxygens (including phenoxy) is 2. The van der Waals surface area contributed by atoms with Gasteiger partial charge in [-0.05, 0) is 38.7 Å². The molecular weight excluding hydrogens is 232 g/mol. The number of hydrogen-bond acceptors (Lipinski definition) is 4. The van der Waals surface area contributed by atoms with Gasteiger partial charge in [0.25, 0.3) is 0 Å². The van der Waals surface area contributed by atoms with E-state index in [1.54, 1.807) is 0 Å². The molecule has 4 heteroatoms. The molecule has 4 nitrogen and oxygen atoms in total. The SMILES string of the molecule is CC(=O)OCC1=CCC(C(C)(C)OC(C)=O)CC1. The van der Waals surface area contributed by atoms with Gasteiger partial charge in [-0.15, -0.1) is 0 Å². The van der Waals surface area contributed by atoms with E-state index >= 15 is 0 Å². The molecule has 102 valence electrons. The summed E-state index contributed by atoms with van der Waals surface area (Å²) < 4.78 is 10.3. The lowest BCUT2D eigenvalue weighted by Gasteiger charge is -2.35. The molecule has 1 atom stereocenters. The van der Waals surface area contributed by atoms with Crippen molar-refractivity contribution in [2.45, 2.75) is 52.6 Å². The molecule has 1 aliphatic carbocycles. The van der Waals surface area contributed by atoms with Gasteiger partial charge in [0.05, 0.1) is 0 Å². The molecule has 0 aliphatic heterocycles. The summed E-state index contributed by atoms with van der Waals surface area (Å²) in [7, 11) is 0. The zero-order valence-corrected chi connectivity index (χ0v) is 11.6. The topological polar surface area (TPSA) is 52.6 Å². The molecule has 0 spiro atoms. The number of hydrogen-bond donors (Lipinski definition) is 0. The van der Waals surface area contributed by atoms with Crippen molar-refractivity contribution in [3.05, 3.63) is 11.6 Å². The highest BCUT2D eigenvalue weighted by Gasteiger charge is 2.33. The summed E-state index contributed by atoms with van der Waals surface area (Å²) in [6.45, 7) is 7.13. The molecule has 1 rings (SSSR count). The van der Waals surface area contributed by atoms with Crippen LogP contribution in [0, 0.1) is 5.92 Å². The molecule has 1 aliphatic rings. The van der Waals surface area contributed by atoms with E-state index < -0.39 is 5.60 Å². The summed E-state index contributed by atoms with van der Waals surface area (Å²) in [5.41, 5.74) is 0.718. The minimum Gasteiger partial charge on any atom is -0.461 e. The van der Waals surface area contributed by atoms with E-state index in [1.807, 2.05) is 13.8 Å². The molecule has 0 radical (unpaired) electrons. The van der Waals surface area contributed by atoms with Crippen molar-refractivity contribution in [2.24, 2.45) is 5.92 Å². The Morgan fingerprint density at radius 3 is 2.44 bits per heavy atom. The van der Waals surface area contributed by atoms with Crippen molar-refractivity contribution in [3.8, 4) is 0 Å². The fourth-order valence-electron chi connectivity index (χ4n) is 2.30. The van der Waals surface area contributed by atoms with Gasteiger partial charge in [-0.2, -0.15) is 0 Å². The first-order valence-corrected chi connectivity index (χ1v) is 6.32. The molecular formula is C14H22O4. The summed E-state index contributed by atoms with van der Waals surface area (Å²) in [6, 6.07) is 0. The molecule has 0 aromatic heterocycles. The van der Waals surface area contributed by atoms with E-state index in [2.05, 4.69) is 6.08 Å². The van der Waals surface area contributed by atoms with Crippen LogP contribution in [0.1, 0.15) is 47.0 Å². The predicted octanol–water partition coefficient (Wildman–Crippen LogP) is 2.62. The van der Waals surface area contributed by atoms with Gasteiger partial charge in [0, 0.05) is 19.8 Å². The Labute approximate surface area is 108 Å². The second-order valence-electron chi connectivity index (χ2n) is 5.31. The van der Waals surface area contributed by atoms with E-state index in [9.17, 15) is 9.59 Å². The van der Waals surface area contributed by atoms with E-state index in [0.29, 0.717) is 12.5 Å². The number of carbonyl (C=O) groups is 2. The Morgan fingerprint density at radius 2 is 2.00 bits per heavy atom. The number of carbonyl (C=O) groups excluding carboxylic acids is 2. The van der Waals surface area contributed by atoms with Crippen molar-refractivity contribution >= 4 is 11.9 Å². The smallest absolute Gasteiger partial charge is 0.303 e. The summed E-state index contributed by atoms with van der Waals surface area (Å²) in [6.07, 6.45) is 4.80. The Hall–Kier alpha value is -1.32. The molecule has 0 saturated carbocycles. The third kappa shape index (κ3) is 4.51. The van der Waals surface area contributed by atoms with Crippen molar-refractivity contribution in [3.63, 3.8) is 0 Å². The first kappa shape index (κ1) is 14.7. The van der Waals surface area contributed by atoms with Crippen LogP contribution in [0.3, 0.4) is 0 Å². The van der Waals surface area contributed by atoms with E-state index in [1.165, 1.54) is 13.8 Å². The van der Waals surface area contributed by atoms with Gasteiger partial charge >= 0.3 is 11.9 Å². The lowest BCUT2D eigenvalue weighted by Crippen LogP contribution is -2.37. The highest BCUT2D eigenvalue weighted by atomic mass is 16.6. The lowest BCUT2D eigenvalue weighted by atomic mass is 9.79. The summed E-state index contributed by atoms with van der Waals surface area (Å²) in [4.78, 5) is 21.8. The molecule has 1 unspecified atom stereocenters. The third-order valence-corrected chi connectivity index (χ3v) is 3.36. The van der Waals surface area contributed by atoms with Crippen LogP contribution in [0.15, 0.2) is 11.6 Å². The number of rotatable bonds is 4. The Balaban J connectivity index is 2.51. The second kappa shape index (κ2) is 6.03. The lowest BCUT2D eigenvalue weighted by molar-refractivity contribution is -0.159. The Bertz CT molecular complexity index is 355. The minimum atomic E-state index is -0.435. The van der Waals surface area contributed by atoms with Crippen LogP contribution in [-0.4, -0.2) is 24.1 Å². The number of allylic oxidation sites excluding steroid dienone is 1. The van der Waals surface area contributed by atoms with Crippen LogP contribution in [0.25, 0.3) is 0 Å². The van der Waals surface area contributed by atoms with Gasteiger partial charge in [-0.1, -0.05) is 6.08 Å². The van der Waals surface area contributed by atoms with Crippen LogP contribution < -0.4 is 0 Å². The average Bonchev–Trinajstić information content (AvgIpc) is 2.25. The summed E-state index contributed by atoms with van der Waals surface area (Å²) in [5.74, 6) is -0.171. The highest BCUT2D eigenvalue weighted by Crippen LogP contribution is 2.34. The predicted molar refractivity (Wildman–Crippen MR) is 67.9 cm³/mol. The third-order valence-electron chi connectivity index (χ3n) is 3.36. The van der Waals surface area contributed by atoms with Crippen LogP contribution in [-0.2, 0) is 19.1 Å². The normalized spacial score (nSPS) is 20.0. The molecule has 0 saturated heterocycles. The van der Waals surface area contributed by atoms with Gasteiger partial charge in [0.1, 0.15) is 12.2 Å². The molecule has 0 amide bonds. The van der Waals surface area contributed by atoms with Gasteiger partial charge in [0.15, 0.2) is 0 Å². The van der Waals surface area contributed by atoms with Gasteiger partial charge in [-0.3, -0.25) is 9.59 Å². The summed E-state index contributed by atoms with van der Waals surface area (Å²) in [5, 5.41) is 0. The monoisotopic (exact) mass is 254 g/mol. The van der Waals surface area contributed by atoms with Crippen molar-refractivity contribution in [2.75, 3.05) is 6.61 Å². The van der Waals surface area contributed by atoms with Crippen molar-refractivity contribution < 1.29 is 19.1 Å². The molecule has 0 N–H and O–H groups in total. The summed E-state index contributed by atoms with van der Waals surface area (Å²) >= 11 is 0. The Kier molecular flexibility index (Phi) is 4.93. The maximum absolute atomic E-state index is 11.0. The molecule has 18 heavy (non-hydrogen) atoms. The maximum Gasteiger partial charge on any atom is 0.303 e. The molecule has 0 heterocycles. The zero-order chi connectivity index (χ0) is 13.8. The van der Waals surface area contributed by atoms with E-state index in [-0.39, 0.29) is 11.9 Å². The van der Waals surface area contributed by atoms with Crippen LogP contribution in [0.4, 0.5) is 0 Å². The minimum absolute atomic E-state index is 0.241. The Morgan fingerprint density at radius 1 is 1.33 bits per heavy atom. The van der Waals surface area contributed by atoms with Gasteiger partial charge in [-0.25, -0.2) is 0 Å². The average molecular weight is 254 g/mol. The van der Waals surface area contributed by atoms with Crippen LogP contribution in [0.2, 0.25) is 0 Å². The maximum atomic E-state index is 11.0. The van der Waals surface area contributed by atoms with Crippen molar-refractivity contribution in [1.29, 1.82) is 0 Å². The van der Waals surface area contributed by atoms with Gasteiger partial charge in [0.2, 0.25) is 0 Å². The zero-order valence-electron chi connectivity index (χ0n) is 11.6. The molecule has 0 bridgehead atoms. The fourth-order valence-corrected chi connectivity index (χ4v) is 2.30. The molecule has 0 aromatic rings. The largest absolute Gasteiger partial charge is 0.461 e. The van der Waals surface area contributed by atoms with Gasteiger partial charge < -0.3 is 9.47 Å². The number of esters is 2. The first-order chi connectivity index (χ1) is 8.31. The molecule has 0 aromatic carbocycles. The molecule has 0 fully saturated rings. The van der Waals surface area contributed by atoms with Crippen LogP contribution in [0.5, 0.6) is 0 Å². The quantitative estimate of drug-likeness (QED) is 0.571. The van der Waals surface area contributed by atoms with E-state index in [0.717, 1.165) is 24.8 Å². The van der Waals surface area contributed by atoms with Crippen LogP contribution >= 0.6 is 0 Å². The first-order valence-electron chi connectivity index (χ1n) is 6.32.